The highest BCUT2D eigenvalue weighted by molar-refractivity contribution is 7.99. The van der Waals surface area contributed by atoms with Gasteiger partial charge in [-0.25, -0.2) is 14.8 Å². The fourth-order valence-electron chi connectivity index (χ4n) is 7.32. The van der Waals surface area contributed by atoms with Gasteiger partial charge in [0.2, 0.25) is 11.8 Å². The van der Waals surface area contributed by atoms with E-state index in [2.05, 4.69) is 21.5 Å². The molecule has 5 N–H and O–H groups in total. The lowest BCUT2D eigenvalue weighted by Crippen LogP contribution is -2.58. The van der Waals surface area contributed by atoms with Crippen LogP contribution < -0.4 is 35.6 Å². The van der Waals surface area contributed by atoms with Crippen LogP contribution >= 0.6 is 19.6 Å². The lowest BCUT2D eigenvalue weighted by molar-refractivity contribution is -0.129. The molecule has 1 aliphatic heterocycles. The quantitative estimate of drug-likeness (QED) is 0.0436. The summed E-state index contributed by atoms with van der Waals surface area (Å²) in [7, 11) is -2.97. The Hall–Kier alpha value is -6.68. The van der Waals surface area contributed by atoms with E-state index in [0.717, 1.165) is 16.3 Å². The average Bonchev–Trinajstić information content (AvgIpc) is 3.42. The molecule has 0 radical (unpaired) electrons. The molecule has 1 unspecified atom stereocenters. The molecule has 0 bridgehead atoms. The van der Waals surface area contributed by atoms with Crippen molar-refractivity contribution in [2.24, 2.45) is 0 Å². The molecule has 0 aliphatic carbocycles. The van der Waals surface area contributed by atoms with Gasteiger partial charge in [0.05, 0.1) is 24.7 Å². The number of anilines is 1. The van der Waals surface area contributed by atoms with Crippen molar-refractivity contribution in [2.45, 2.75) is 68.2 Å². The summed E-state index contributed by atoms with van der Waals surface area (Å²) >= 11 is 1.36. The summed E-state index contributed by atoms with van der Waals surface area (Å²) < 4.78 is 34.1. The maximum atomic E-state index is 15.1. The van der Waals surface area contributed by atoms with Gasteiger partial charge in [-0.1, -0.05) is 109 Å². The highest BCUT2D eigenvalue weighted by Gasteiger charge is 2.41. The van der Waals surface area contributed by atoms with E-state index < -0.39 is 54.6 Å². The van der Waals surface area contributed by atoms with Crippen molar-refractivity contribution >= 4 is 59.9 Å². The maximum Gasteiger partial charge on any atom is 0.527 e. The van der Waals surface area contributed by atoms with Gasteiger partial charge in [0, 0.05) is 11.4 Å². The first-order valence-corrected chi connectivity index (χ1v) is 23.8. The Kier molecular flexibility index (Phi) is 15.7. The first-order valence-electron chi connectivity index (χ1n) is 21.4. The number of nitrogens with one attached hydrogen (secondary N) is 4. The smallest absolute Gasteiger partial charge is 0.497 e. The number of benzene rings is 6. The summed E-state index contributed by atoms with van der Waals surface area (Å²) in [6, 6.07) is 40.7. The van der Waals surface area contributed by atoms with Crippen molar-refractivity contribution in [3.8, 4) is 11.5 Å². The minimum absolute atomic E-state index is 0.0349. The third-order valence-corrected chi connectivity index (χ3v) is 12.8. The first kappa shape index (κ1) is 48.3. The lowest BCUT2D eigenvalue weighted by atomic mass is 10.0. The van der Waals surface area contributed by atoms with Crippen LogP contribution in [0.1, 0.15) is 48.3 Å². The Morgan fingerprint density at radius 1 is 0.806 bits per heavy atom. The molecule has 6 aromatic rings. The Morgan fingerprint density at radius 3 is 2.21 bits per heavy atom. The minimum atomic E-state index is -4.51. The van der Waals surface area contributed by atoms with Gasteiger partial charge in [0.25, 0.3) is 5.91 Å². The number of para-hydroxylation sites is 1. The molecular weight excluding hydrogens is 894 g/mol. The van der Waals surface area contributed by atoms with Crippen molar-refractivity contribution in [1.29, 1.82) is 0 Å². The molecule has 6 aromatic carbocycles. The van der Waals surface area contributed by atoms with Crippen LogP contribution in [0.2, 0.25) is 0 Å². The second-order valence-corrected chi connectivity index (χ2v) is 19.2. The van der Waals surface area contributed by atoms with Gasteiger partial charge >= 0.3 is 13.9 Å². The highest BCUT2D eigenvalue weighted by Crippen LogP contribution is 2.47. The van der Waals surface area contributed by atoms with E-state index in [9.17, 15) is 23.8 Å². The summed E-state index contributed by atoms with van der Waals surface area (Å²) in [5.74, 6) is -1.00. The zero-order valence-corrected chi connectivity index (χ0v) is 39.1. The number of hydrogen-bond donors (Lipinski definition) is 5. The van der Waals surface area contributed by atoms with E-state index in [-0.39, 0.29) is 31.9 Å². The summed E-state index contributed by atoms with van der Waals surface area (Å²) in [5.41, 5.74) is 7.73. The van der Waals surface area contributed by atoms with Crippen LogP contribution in [0.4, 0.5) is 10.5 Å². The molecule has 15 nitrogen and oxygen atoms in total. The summed E-state index contributed by atoms with van der Waals surface area (Å²) in [6.45, 7) is 4.81. The predicted molar refractivity (Wildman–Crippen MR) is 256 cm³/mol. The zero-order valence-electron chi connectivity index (χ0n) is 37.3. The number of thioether (sulfide) groups is 1. The van der Waals surface area contributed by atoms with Gasteiger partial charge in [0.1, 0.15) is 35.7 Å². The number of fused-ring (bicyclic) bond motifs is 2. The molecule has 0 saturated heterocycles. The first-order chi connectivity index (χ1) is 32.1. The molecule has 348 valence electrons. The predicted octanol–water partition coefficient (Wildman–Crippen LogP) is 8.17. The van der Waals surface area contributed by atoms with E-state index in [0.29, 0.717) is 33.0 Å². The lowest BCUT2D eigenvalue weighted by Gasteiger charge is -2.30. The Morgan fingerprint density at radius 2 is 1.48 bits per heavy atom. The summed E-state index contributed by atoms with van der Waals surface area (Å²) in [6.07, 6.45) is -0.901. The minimum Gasteiger partial charge on any atom is -0.497 e. The number of nitrogens with zero attached hydrogens (tertiary/aromatic N) is 1. The SMILES string of the molecule is COc1ccc([C@@H]2Sc3ccccc3N(CC(=O)NCc3cccc4ccccc34)C(=O)[C@@H]2NC(=O)[C@H](Cc2ccc(OP(=O)(O)OCc3ccccc3)cc2)NNC(=O)OC(C)(C)C)cc1. The van der Waals surface area contributed by atoms with Crippen LogP contribution in [-0.2, 0) is 47.8 Å². The molecule has 67 heavy (non-hydrogen) atoms. The Bertz CT molecular complexity index is 2730. The van der Waals surface area contributed by atoms with Crippen molar-refractivity contribution in [3.63, 3.8) is 0 Å². The van der Waals surface area contributed by atoms with Crippen molar-refractivity contribution in [2.75, 3.05) is 18.6 Å². The Labute approximate surface area is 393 Å². The number of carbonyl (C=O) groups excluding carboxylic acids is 4. The molecule has 4 amide bonds. The number of hydrogen-bond acceptors (Lipinski definition) is 11. The third kappa shape index (κ3) is 13.2. The number of amides is 4. The zero-order chi connectivity index (χ0) is 47.6. The van der Waals surface area contributed by atoms with Gasteiger partial charge in [0.15, 0.2) is 0 Å². The van der Waals surface area contributed by atoms with Crippen LogP contribution in [0.3, 0.4) is 0 Å². The molecule has 7 rings (SSSR count). The van der Waals surface area contributed by atoms with Crippen molar-refractivity contribution < 1.29 is 47.2 Å². The van der Waals surface area contributed by atoms with Crippen LogP contribution in [-0.4, -0.2) is 60.0 Å². The van der Waals surface area contributed by atoms with E-state index in [1.54, 1.807) is 88.5 Å². The van der Waals surface area contributed by atoms with Crippen LogP contribution in [0.25, 0.3) is 10.8 Å². The number of ether oxygens (including phenoxy) is 2. The maximum absolute atomic E-state index is 15.1. The second kappa shape index (κ2) is 21.7. The molecule has 1 heterocycles. The number of methoxy groups -OCH3 is 1. The van der Waals surface area contributed by atoms with Gasteiger partial charge in [-0.3, -0.25) is 29.2 Å². The molecule has 1 aliphatic rings. The molecule has 17 heteroatoms. The standard InChI is InChI=1S/C50H52N5O10PS/c1-50(2,3)64-49(59)54-53-41(29-33-21-25-39(26-22-33)65-66(60,61)63-32-34-13-6-5-7-14-34)47(57)52-45-46(36-23-27-38(62-4)28-24-36)67-43-20-11-10-19-42(43)55(48(45)58)31-44(56)51-30-37-17-12-16-35-15-8-9-18-40(35)37/h5-28,41,45-46,53H,29-32H2,1-4H3,(H,51,56)(H,52,57)(H,54,59)(H,60,61)/t41-,45+,46-/m0/s1. The molecule has 0 aromatic heterocycles. The average molecular weight is 946 g/mol. The summed E-state index contributed by atoms with van der Waals surface area (Å²) in [5, 5.41) is 7.30. The van der Waals surface area contributed by atoms with Gasteiger partial charge in [-0.05, 0) is 96.6 Å². The number of phosphoric ester groups is 1. The van der Waals surface area contributed by atoms with Crippen LogP contribution in [0.5, 0.6) is 11.5 Å². The van der Waals surface area contributed by atoms with Crippen molar-refractivity contribution in [1.82, 2.24) is 21.5 Å². The fourth-order valence-corrected chi connectivity index (χ4v) is 9.42. The van der Waals surface area contributed by atoms with Crippen LogP contribution in [0.15, 0.2) is 150 Å². The summed E-state index contributed by atoms with van der Waals surface area (Å²) in [4.78, 5) is 69.1. The van der Waals surface area contributed by atoms with E-state index in [4.69, 9.17) is 18.5 Å². The van der Waals surface area contributed by atoms with Crippen LogP contribution in [0, 0.1) is 0 Å². The second-order valence-electron chi connectivity index (χ2n) is 16.6. The van der Waals surface area contributed by atoms with E-state index in [1.807, 2.05) is 72.8 Å². The third-order valence-electron chi connectivity index (χ3n) is 10.5. The fraction of sp³-hybridized carbons (Fsp3) is 0.240. The highest BCUT2D eigenvalue weighted by atomic mass is 32.2. The topological polar surface area (TPSA) is 194 Å². The number of phosphoric acid groups is 1. The van der Waals surface area contributed by atoms with Gasteiger partial charge in [-0.15, -0.1) is 11.8 Å². The monoisotopic (exact) mass is 945 g/mol. The molecule has 0 fully saturated rings. The normalized spacial score (nSPS) is 16.1. The number of hydrazine groups is 1. The molecule has 0 saturated carbocycles. The van der Waals surface area contributed by atoms with E-state index >= 15 is 4.79 Å². The molecular formula is C50H52N5O10PS. The molecule has 4 atom stereocenters. The Balaban J connectivity index is 1.15. The van der Waals surface area contributed by atoms with Gasteiger partial charge in [-0.2, -0.15) is 0 Å². The number of carbonyl (C=O) groups is 4. The van der Waals surface area contributed by atoms with Gasteiger partial charge < -0.3 is 29.5 Å². The van der Waals surface area contributed by atoms with E-state index in [1.165, 1.54) is 28.8 Å². The van der Waals surface area contributed by atoms with Crippen molar-refractivity contribution in [3.05, 3.63) is 168 Å². The number of rotatable bonds is 17. The molecule has 0 spiro atoms. The largest absolute Gasteiger partial charge is 0.527 e.